The normalized spacial score (nSPS) is 12.0. The zero-order valence-corrected chi connectivity index (χ0v) is 23.5. The van der Waals surface area contributed by atoms with Gasteiger partial charge in [-0.1, -0.05) is 36.4 Å². The molecule has 1 unspecified atom stereocenters. The summed E-state index contributed by atoms with van der Waals surface area (Å²) >= 11 is 0. The van der Waals surface area contributed by atoms with E-state index >= 15 is 0 Å². The van der Waals surface area contributed by atoms with Gasteiger partial charge < -0.3 is 19.8 Å². The Hall–Kier alpha value is -5.11. The molecule has 0 aliphatic carbocycles. The summed E-state index contributed by atoms with van der Waals surface area (Å²) in [6.07, 6.45) is 7.12. The van der Waals surface area contributed by atoms with Gasteiger partial charge in [0.05, 0.1) is 19.9 Å². The molecular formula is C33H32N4O4. The number of fused-ring (bicyclic) bond motifs is 1. The van der Waals surface area contributed by atoms with Gasteiger partial charge in [-0.05, 0) is 66.9 Å². The summed E-state index contributed by atoms with van der Waals surface area (Å²) in [5.41, 5.74) is 7.20. The first-order valence-corrected chi connectivity index (χ1v) is 13.3. The smallest absolute Gasteiger partial charge is 0.328 e. The number of carbonyl (C=O) groups is 2. The van der Waals surface area contributed by atoms with Crippen LogP contribution in [-0.2, 0) is 20.7 Å². The summed E-state index contributed by atoms with van der Waals surface area (Å²) in [6, 6.07) is 20.8. The molecule has 0 saturated carbocycles. The van der Waals surface area contributed by atoms with Gasteiger partial charge in [0, 0.05) is 46.9 Å². The number of methoxy groups -OCH3 is 2. The second-order valence-corrected chi connectivity index (χ2v) is 9.91. The summed E-state index contributed by atoms with van der Waals surface area (Å²) in [5.74, 6) is -0.276. The van der Waals surface area contributed by atoms with Crippen LogP contribution in [-0.4, -0.2) is 46.9 Å². The molecule has 0 aliphatic rings. The third-order valence-electron chi connectivity index (χ3n) is 6.89. The van der Waals surface area contributed by atoms with E-state index in [1.54, 1.807) is 17.9 Å². The molecule has 8 nitrogen and oxygen atoms in total. The molecule has 5 rings (SSSR count). The molecule has 0 spiro atoms. The fourth-order valence-corrected chi connectivity index (χ4v) is 5.02. The van der Waals surface area contributed by atoms with Crippen molar-refractivity contribution in [3.05, 3.63) is 107 Å². The number of esters is 1. The van der Waals surface area contributed by atoms with E-state index in [1.165, 1.54) is 13.2 Å². The second kappa shape index (κ2) is 12.0. The number of rotatable bonds is 9. The topological polar surface area (TPSA) is 98.2 Å². The lowest BCUT2D eigenvalue weighted by Crippen LogP contribution is -2.42. The number of amides is 1. The fourth-order valence-electron chi connectivity index (χ4n) is 5.02. The van der Waals surface area contributed by atoms with Crippen LogP contribution in [0.1, 0.15) is 22.3 Å². The summed E-state index contributed by atoms with van der Waals surface area (Å²) in [4.78, 5) is 28.9. The van der Waals surface area contributed by atoms with Crippen LogP contribution in [0, 0.1) is 13.8 Å². The maximum Gasteiger partial charge on any atom is 0.328 e. The Bertz CT molecular complexity index is 1730. The summed E-state index contributed by atoms with van der Waals surface area (Å²) in [7, 11) is 2.93. The van der Waals surface area contributed by atoms with Crippen molar-refractivity contribution in [3.8, 4) is 22.7 Å². The molecule has 2 heterocycles. The minimum atomic E-state index is -0.858. The number of ether oxygens (including phenoxy) is 2. The SMILES string of the molecule is COC(=O)C(Cc1c[nH]c2ccccc12)NC(=O)/C=C\c1cn(-c2cc(C)cc(C)c2)nc1-c1ccccc1OC. The van der Waals surface area contributed by atoms with Crippen molar-refractivity contribution in [2.75, 3.05) is 14.2 Å². The number of aryl methyl sites for hydroxylation is 2. The number of para-hydroxylation sites is 2. The molecule has 1 amide bonds. The summed E-state index contributed by atoms with van der Waals surface area (Å²) in [6.45, 7) is 4.08. The highest BCUT2D eigenvalue weighted by atomic mass is 16.5. The summed E-state index contributed by atoms with van der Waals surface area (Å²) in [5, 5.41) is 8.68. The molecule has 0 bridgehead atoms. The number of aromatic nitrogens is 3. The average Bonchev–Trinajstić information content (AvgIpc) is 3.59. The molecule has 1 atom stereocenters. The van der Waals surface area contributed by atoms with Crippen molar-refractivity contribution in [1.29, 1.82) is 0 Å². The van der Waals surface area contributed by atoms with E-state index in [2.05, 4.69) is 28.5 Å². The number of hydrogen-bond acceptors (Lipinski definition) is 5. The van der Waals surface area contributed by atoms with Crippen molar-refractivity contribution in [3.63, 3.8) is 0 Å². The standard InChI is InChI=1S/C33H32N4O4/c1-21-15-22(2)17-25(16-21)37-20-23(32(36-37)27-10-6-8-12-30(27)40-3)13-14-31(38)35-29(33(39)41-4)18-24-19-34-28-11-7-5-9-26(24)28/h5-17,19-20,29,34H,18H2,1-4H3,(H,35,38)/b14-13-. The van der Waals surface area contributed by atoms with Gasteiger partial charge in [-0.2, -0.15) is 5.10 Å². The molecule has 0 saturated heterocycles. The van der Waals surface area contributed by atoms with Crippen LogP contribution in [0.25, 0.3) is 33.9 Å². The van der Waals surface area contributed by atoms with Gasteiger partial charge in [0.25, 0.3) is 0 Å². The van der Waals surface area contributed by atoms with Gasteiger partial charge in [-0.25, -0.2) is 9.48 Å². The molecule has 2 aromatic heterocycles. The van der Waals surface area contributed by atoms with Gasteiger partial charge in [-0.15, -0.1) is 0 Å². The Balaban J connectivity index is 1.45. The van der Waals surface area contributed by atoms with Crippen LogP contribution in [0.15, 0.2) is 85.2 Å². The lowest BCUT2D eigenvalue weighted by molar-refractivity contribution is -0.144. The second-order valence-electron chi connectivity index (χ2n) is 9.91. The molecule has 5 aromatic rings. The first-order chi connectivity index (χ1) is 19.9. The van der Waals surface area contributed by atoms with Crippen LogP contribution >= 0.6 is 0 Å². The highest BCUT2D eigenvalue weighted by Gasteiger charge is 2.23. The average molecular weight is 549 g/mol. The minimum Gasteiger partial charge on any atom is -0.496 e. The largest absolute Gasteiger partial charge is 0.496 e. The number of hydrogen-bond donors (Lipinski definition) is 2. The lowest BCUT2D eigenvalue weighted by Gasteiger charge is -2.15. The zero-order valence-electron chi connectivity index (χ0n) is 23.5. The third-order valence-corrected chi connectivity index (χ3v) is 6.89. The number of aromatic amines is 1. The Morgan fingerprint density at radius 3 is 2.51 bits per heavy atom. The van der Waals surface area contributed by atoms with Crippen LogP contribution in [0.2, 0.25) is 0 Å². The number of nitrogens with zero attached hydrogens (tertiary/aromatic N) is 2. The van der Waals surface area contributed by atoms with E-state index in [0.29, 0.717) is 11.4 Å². The zero-order chi connectivity index (χ0) is 28.9. The number of H-pyrrole nitrogens is 1. The third kappa shape index (κ3) is 6.06. The van der Waals surface area contributed by atoms with Crippen molar-refractivity contribution in [2.24, 2.45) is 0 Å². The molecule has 0 radical (unpaired) electrons. The van der Waals surface area contributed by atoms with E-state index in [4.69, 9.17) is 14.6 Å². The molecule has 2 N–H and O–H groups in total. The lowest BCUT2D eigenvalue weighted by atomic mass is 10.0. The van der Waals surface area contributed by atoms with Gasteiger partial charge in [0.15, 0.2) is 0 Å². The maximum absolute atomic E-state index is 13.1. The molecule has 8 heteroatoms. The van der Waals surface area contributed by atoms with Crippen LogP contribution in [0.4, 0.5) is 0 Å². The Morgan fingerprint density at radius 2 is 1.76 bits per heavy atom. The highest BCUT2D eigenvalue weighted by molar-refractivity contribution is 5.96. The quantitative estimate of drug-likeness (QED) is 0.186. The fraction of sp³-hybridized carbons (Fsp3) is 0.182. The van der Waals surface area contributed by atoms with Crippen LogP contribution < -0.4 is 10.1 Å². The van der Waals surface area contributed by atoms with Crippen molar-refractivity contribution >= 4 is 28.9 Å². The molecule has 0 aliphatic heterocycles. The molecule has 0 fully saturated rings. The van der Waals surface area contributed by atoms with Crippen molar-refractivity contribution < 1.29 is 19.1 Å². The summed E-state index contributed by atoms with van der Waals surface area (Å²) < 4.78 is 12.4. The monoisotopic (exact) mass is 548 g/mol. The highest BCUT2D eigenvalue weighted by Crippen LogP contribution is 2.32. The van der Waals surface area contributed by atoms with Crippen LogP contribution in [0.3, 0.4) is 0 Å². The first kappa shape index (κ1) is 27.5. The van der Waals surface area contributed by atoms with E-state index in [0.717, 1.165) is 44.4 Å². The number of benzene rings is 3. The van der Waals surface area contributed by atoms with Gasteiger partial charge >= 0.3 is 5.97 Å². The maximum atomic E-state index is 13.1. The first-order valence-electron chi connectivity index (χ1n) is 13.3. The number of carbonyl (C=O) groups excluding carboxylic acids is 2. The Labute approximate surface area is 238 Å². The van der Waals surface area contributed by atoms with E-state index in [9.17, 15) is 9.59 Å². The van der Waals surface area contributed by atoms with Crippen LogP contribution in [0.5, 0.6) is 5.75 Å². The molecule has 3 aromatic carbocycles. The molecular weight excluding hydrogens is 516 g/mol. The van der Waals surface area contributed by atoms with Gasteiger partial charge in [-0.3, -0.25) is 4.79 Å². The predicted molar refractivity (Wildman–Crippen MR) is 160 cm³/mol. The van der Waals surface area contributed by atoms with E-state index in [-0.39, 0.29) is 6.42 Å². The van der Waals surface area contributed by atoms with Gasteiger partial charge in [0.1, 0.15) is 17.5 Å². The van der Waals surface area contributed by atoms with Crippen molar-refractivity contribution in [2.45, 2.75) is 26.3 Å². The predicted octanol–water partition coefficient (Wildman–Crippen LogP) is 5.56. The molecule has 208 valence electrons. The van der Waals surface area contributed by atoms with Crippen molar-refractivity contribution in [1.82, 2.24) is 20.1 Å². The van der Waals surface area contributed by atoms with E-state index in [1.807, 2.05) is 74.8 Å². The minimum absolute atomic E-state index is 0.285. The van der Waals surface area contributed by atoms with Gasteiger partial charge in [0.2, 0.25) is 5.91 Å². The Kier molecular flexibility index (Phi) is 8.01. The Morgan fingerprint density at radius 1 is 1.02 bits per heavy atom. The molecule has 41 heavy (non-hydrogen) atoms. The number of nitrogens with one attached hydrogen (secondary N) is 2. The van der Waals surface area contributed by atoms with E-state index < -0.39 is 17.9 Å².